The second kappa shape index (κ2) is 6.51. The van der Waals surface area contributed by atoms with Crippen LogP contribution in [0.15, 0.2) is 41.1 Å². The zero-order valence-corrected chi connectivity index (χ0v) is 15.0. The van der Waals surface area contributed by atoms with Crippen LogP contribution in [0.2, 0.25) is 0 Å². The second-order valence-corrected chi connectivity index (χ2v) is 6.50. The highest BCUT2D eigenvalue weighted by molar-refractivity contribution is 5.92. The van der Waals surface area contributed by atoms with E-state index in [0.29, 0.717) is 24.5 Å². The van der Waals surface area contributed by atoms with Gasteiger partial charge in [0, 0.05) is 19.2 Å². The fraction of sp³-hybridized carbons (Fsp3) is 0.333. The Morgan fingerprint density at radius 2 is 2.07 bits per heavy atom. The van der Waals surface area contributed by atoms with Crippen LogP contribution >= 0.6 is 0 Å². The Bertz CT molecular complexity index is 964. The average molecular weight is 369 g/mol. The van der Waals surface area contributed by atoms with E-state index in [1.54, 1.807) is 35.9 Å². The third kappa shape index (κ3) is 3.17. The van der Waals surface area contributed by atoms with Gasteiger partial charge < -0.3 is 19.3 Å². The molecule has 1 atom stereocenters. The van der Waals surface area contributed by atoms with Crippen molar-refractivity contribution in [2.75, 3.05) is 20.2 Å². The Labute approximate surface area is 155 Å². The first-order valence-corrected chi connectivity index (χ1v) is 8.51. The summed E-state index contributed by atoms with van der Waals surface area (Å²) in [6.07, 6.45) is 2.05. The van der Waals surface area contributed by atoms with Crippen molar-refractivity contribution in [1.29, 1.82) is 0 Å². The van der Waals surface area contributed by atoms with Gasteiger partial charge in [0.1, 0.15) is 5.75 Å². The number of ether oxygens (including phenoxy) is 1. The normalized spacial score (nSPS) is 19.4. The first kappa shape index (κ1) is 17.2. The van der Waals surface area contributed by atoms with Crippen molar-refractivity contribution in [2.45, 2.75) is 18.9 Å². The fourth-order valence-corrected chi connectivity index (χ4v) is 3.11. The zero-order chi connectivity index (χ0) is 19.0. The second-order valence-electron chi connectivity index (χ2n) is 6.50. The molecule has 1 aliphatic rings. The maximum absolute atomic E-state index is 12.8. The standard InChI is InChI=1S/C18H19N5O4/c1-12-19-17(27-21-12)18(25)8-10-22(11-18)16(24)15-7-9-23(20-15)13-3-5-14(26-2)6-4-13/h3-7,9,25H,8,10-11H2,1-2H3. The van der Waals surface area contributed by atoms with Gasteiger partial charge in [-0.25, -0.2) is 4.68 Å². The molecule has 1 N–H and O–H groups in total. The molecule has 1 saturated heterocycles. The van der Waals surface area contributed by atoms with Crippen LogP contribution in [-0.4, -0.2) is 56.0 Å². The first-order valence-electron chi connectivity index (χ1n) is 8.51. The maximum Gasteiger partial charge on any atom is 0.274 e. The number of hydrogen-bond donors (Lipinski definition) is 1. The lowest BCUT2D eigenvalue weighted by molar-refractivity contribution is 0.0135. The monoisotopic (exact) mass is 369 g/mol. The van der Waals surface area contributed by atoms with Crippen molar-refractivity contribution in [2.24, 2.45) is 0 Å². The molecule has 0 saturated carbocycles. The molecule has 4 rings (SSSR count). The highest BCUT2D eigenvalue weighted by Crippen LogP contribution is 2.31. The average Bonchev–Trinajstić information content (AvgIpc) is 3.41. The number of aliphatic hydroxyl groups is 1. The highest BCUT2D eigenvalue weighted by Gasteiger charge is 2.44. The number of likely N-dealkylation sites (tertiary alicyclic amines) is 1. The molecule has 9 heteroatoms. The Morgan fingerprint density at radius 1 is 1.30 bits per heavy atom. The molecule has 1 aliphatic heterocycles. The molecule has 2 aromatic heterocycles. The molecule has 27 heavy (non-hydrogen) atoms. The number of nitrogens with zero attached hydrogens (tertiary/aromatic N) is 5. The quantitative estimate of drug-likeness (QED) is 0.739. The van der Waals surface area contributed by atoms with E-state index in [1.807, 2.05) is 24.3 Å². The molecular weight excluding hydrogens is 350 g/mol. The highest BCUT2D eigenvalue weighted by atomic mass is 16.5. The number of methoxy groups -OCH3 is 1. The van der Waals surface area contributed by atoms with Gasteiger partial charge in [-0.1, -0.05) is 5.16 Å². The number of rotatable bonds is 4. The maximum atomic E-state index is 12.8. The molecule has 1 aromatic carbocycles. The molecule has 0 spiro atoms. The number of carbonyl (C=O) groups excluding carboxylic acids is 1. The van der Waals surface area contributed by atoms with Crippen molar-refractivity contribution in [3.05, 3.63) is 53.9 Å². The third-order valence-corrected chi connectivity index (χ3v) is 4.61. The van der Waals surface area contributed by atoms with Gasteiger partial charge in [0.25, 0.3) is 11.8 Å². The lowest BCUT2D eigenvalue weighted by Crippen LogP contribution is -2.34. The Kier molecular flexibility index (Phi) is 4.15. The van der Waals surface area contributed by atoms with Gasteiger partial charge in [0.05, 0.1) is 19.3 Å². The summed E-state index contributed by atoms with van der Waals surface area (Å²) in [6, 6.07) is 9.01. The molecule has 3 aromatic rings. The summed E-state index contributed by atoms with van der Waals surface area (Å²) in [7, 11) is 1.60. The molecule has 140 valence electrons. The topological polar surface area (TPSA) is 107 Å². The SMILES string of the molecule is COc1ccc(-n2ccc(C(=O)N3CCC(O)(c4nc(C)no4)C3)n2)cc1. The van der Waals surface area contributed by atoms with Crippen LogP contribution in [0, 0.1) is 6.92 Å². The first-order chi connectivity index (χ1) is 13.0. The summed E-state index contributed by atoms with van der Waals surface area (Å²) in [4.78, 5) is 18.4. The van der Waals surface area contributed by atoms with Crippen LogP contribution < -0.4 is 4.74 Å². The van der Waals surface area contributed by atoms with Crippen LogP contribution in [0.3, 0.4) is 0 Å². The molecule has 3 heterocycles. The van der Waals surface area contributed by atoms with E-state index in [0.717, 1.165) is 11.4 Å². The minimum atomic E-state index is -1.32. The number of benzene rings is 1. The Hall–Kier alpha value is -3.20. The van der Waals surface area contributed by atoms with Gasteiger partial charge in [-0.3, -0.25) is 4.79 Å². The van der Waals surface area contributed by atoms with E-state index >= 15 is 0 Å². The summed E-state index contributed by atoms with van der Waals surface area (Å²) < 4.78 is 11.9. The van der Waals surface area contributed by atoms with Crippen molar-refractivity contribution in [1.82, 2.24) is 24.8 Å². The number of aromatic nitrogens is 4. The van der Waals surface area contributed by atoms with E-state index in [1.165, 1.54) is 0 Å². The van der Waals surface area contributed by atoms with Crippen molar-refractivity contribution >= 4 is 5.91 Å². The number of carbonyl (C=O) groups is 1. The molecule has 9 nitrogen and oxygen atoms in total. The predicted octanol–water partition coefficient (Wildman–Crippen LogP) is 1.31. The summed E-state index contributed by atoms with van der Waals surface area (Å²) in [5, 5.41) is 18.8. The van der Waals surface area contributed by atoms with Crippen molar-refractivity contribution in [3.63, 3.8) is 0 Å². The summed E-state index contributed by atoms with van der Waals surface area (Å²) in [5.74, 6) is 1.07. The van der Waals surface area contributed by atoms with Gasteiger partial charge in [-0.15, -0.1) is 0 Å². The van der Waals surface area contributed by atoms with Gasteiger partial charge in [-0.2, -0.15) is 10.1 Å². The number of aryl methyl sites for hydroxylation is 1. The molecular formula is C18H19N5O4. The predicted molar refractivity (Wildman–Crippen MR) is 93.6 cm³/mol. The van der Waals surface area contributed by atoms with Gasteiger partial charge >= 0.3 is 0 Å². The van der Waals surface area contributed by atoms with Crippen LogP contribution in [-0.2, 0) is 5.60 Å². The van der Waals surface area contributed by atoms with Crippen molar-refractivity contribution < 1.29 is 19.2 Å². The molecule has 0 aliphatic carbocycles. The van der Waals surface area contributed by atoms with Crippen molar-refractivity contribution in [3.8, 4) is 11.4 Å². The van der Waals surface area contributed by atoms with Gasteiger partial charge in [0.15, 0.2) is 17.1 Å². The number of amides is 1. The molecule has 0 bridgehead atoms. The van der Waals surface area contributed by atoms with Crippen LogP contribution in [0.1, 0.15) is 28.6 Å². The number of β-amino-alcohol motifs (C(OH)–C–C–N with tert-alkyl or cyclic N) is 1. The molecule has 1 unspecified atom stereocenters. The molecule has 1 fully saturated rings. The minimum Gasteiger partial charge on any atom is -0.497 e. The van der Waals surface area contributed by atoms with E-state index in [9.17, 15) is 9.90 Å². The van der Waals surface area contributed by atoms with E-state index < -0.39 is 5.60 Å². The van der Waals surface area contributed by atoms with Crippen LogP contribution in [0.25, 0.3) is 5.69 Å². The Morgan fingerprint density at radius 3 is 2.74 bits per heavy atom. The largest absolute Gasteiger partial charge is 0.497 e. The van der Waals surface area contributed by atoms with Gasteiger partial charge in [-0.05, 0) is 37.3 Å². The summed E-state index contributed by atoms with van der Waals surface area (Å²) >= 11 is 0. The molecule has 0 radical (unpaired) electrons. The van der Waals surface area contributed by atoms with E-state index in [-0.39, 0.29) is 18.3 Å². The Balaban J connectivity index is 1.50. The lowest BCUT2D eigenvalue weighted by atomic mass is 10.0. The smallest absolute Gasteiger partial charge is 0.274 e. The summed E-state index contributed by atoms with van der Waals surface area (Å²) in [5.41, 5.74) is -0.207. The van der Waals surface area contributed by atoms with E-state index in [2.05, 4.69) is 15.2 Å². The van der Waals surface area contributed by atoms with E-state index in [4.69, 9.17) is 9.26 Å². The third-order valence-electron chi connectivity index (χ3n) is 4.61. The summed E-state index contributed by atoms with van der Waals surface area (Å²) in [6.45, 7) is 2.15. The fourth-order valence-electron chi connectivity index (χ4n) is 3.11. The van der Waals surface area contributed by atoms with Crippen LogP contribution in [0.5, 0.6) is 5.75 Å². The minimum absolute atomic E-state index is 0.0862. The lowest BCUT2D eigenvalue weighted by Gasteiger charge is -2.19. The zero-order valence-electron chi connectivity index (χ0n) is 15.0. The van der Waals surface area contributed by atoms with Gasteiger partial charge in [0.2, 0.25) is 0 Å². The number of hydrogen-bond acceptors (Lipinski definition) is 7. The van der Waals surface area contributed by atoms with Crippen LogP contribution in [0.4, 0.5) is 0 Å². The molecule has 1 amide bonds.